The number of esters is 2. The van der Waals surface area contributed by atoms with E-state index in [4.69, 9.17) is 18.9 Å². The highest BCUT2D eigenvalue weighted by Crippen LogP contribution is 2.34. The number of rotatable bonds is 9. The first-order chi connectivity index (χ1) is 20.4. The molecule has 0 spiro atoms. The van der Waals surface area contributed by atoms with Crippen LogP contribution >= 0.6 is 0 Å². The summed E-state index contributed by atoms with van der Waals surface area (Å²) in [6.07, 6.45) is 4.45. The fourth-order valence-corrected chi connectivity index (χ4v) is 5.81. The third kappa shape index (κ3) is 6.34. The zero-order chi connectivity index (χ0) is 29.6. The summed E-state index contributed by atoms with van der Waals surface area (Å²) in [7, 11) is 2.83. The lowest BCUT2D eigenvalue weighted by Gasteiger charge is -2.34. The van der Waals surface area contributed by atoms with Crippen LogP contribution in [0.25, 0.3) is 17.0 Å². The lowest BCUT2D eigenvalue weighted by Crippen LogP contribution is -2.49. The number of amides is 1. The second kappa shape index (κ2) is 13.2. The maximum absolute atomic E-state index is 13.6. The highest BCUT2D eigenvalue weighted by Gasteiger charge is 2.37. The van der Waals surface area contributed by atoms with Crippen LogP contribution in [0.1, 0.15) is 30.2 Å². The third-order valence-corrected chi connectivity index (χ3v) is 7.86. The number of hydrogen-bond donors (Lipinski definition) is 0. The van der Waals surface area contributed by atoms with Crippen LogP contribution in [0.15, 0.2) is 48.5 Å². The largest absolute Gasteiger partial charge is 0.493 e. The first-order valence-electron chi connectivity index (χ1n) is 14.2. The standard InChI is InChI=1S/C32H37N3O7/c1-22(36)42-29-11-9-23(19-30(29)39-2)10-12-31(37)35-21-28-25(20-27(35)32(38)40-3)24-7-4-5-8-26(24)34(28)14-6-13-33-15-17-41-18-16-33/h4-5,7-12,19,27H,6,13-18,20-21H2,1-3H3/b12-10-/t27-/m0/s1. The fourth-order valence-electron chi connectivity index (χ4n) is 5.81. The molecule has 0 radical (unpaired) electrons. The van der Waals surface area contributed by atoms with Crippen molar-refractivity contribution in [3.63, 3.8) is 0 Å². The zero-order valence-corrected chi connectivity index (χ0v) is 24.3. The number of hydrogen-bond acceptors (Lipinski definition) is 8. The van der Waals surface area contributed by atoms with Gasteiger partial charge in [0.05, 0.1) is 34.0 Å². The maximum Gasteiger partial charge on any atom is 0.328 e. The van der Waals surface area contributed by atoms with E-state index in [1.807, 2.05) is 12.1 Å². The van der Waals surface area contributed by atoms with Gasteiger partial charge in [0.15, 0.2) is 11.5 Å². The molecule has 10 nitrogen and oxygen atoms in total. The Balaban J connectivity index is 1.41. The van der Waals surface area contributed by atoms with Crippen LogP contribution in [-0.2, 0) is 43.4 Å². The SMILES string of the molecule is COC(=O)[C@@H]1Cc2c(n(CCCN3CCOCC3)c3ccccc23)CN1C(=O)/C=C\c1ccc(OC(C)=O)c(OC)c1. The quantitative estimate of drug-likeness (QED) is 0.217. The van der Waals surface area contributed by atoms with Crippen molar-refractivity contribution in [3.8, 4) is 11.5 Å². The molecule has 1 aromatic heterocycles. The molecule has 0 bridgehead atoms. The van der Waals surface area contributed by atoms with Gasteiger partial charge in [-0.3, -0.25) is 14.5 Å². The van der Waals surface area contributed by atoms with Crippen LogP contribution in [0.4, 0.5) is 0 Å². The van der Waals surface area contributed by atoms with Gasteiger partial charge in [0.25, 0.3) is 0 Å². The Morgan fingerprint density at radius 1 is 1.02 bits per heavy atom. The van der Waals surface area contributed by atoms with Crippen molar-refractivity contribution in [2.45, 2.75) is 38.9 Å². The molecular formula is C32H37N3O7. The average molecular weight is 576 g/mol. The number of morpholine rings is 1. The Hall–Kier alpha value is -4.15. The van der Waals surface area contributed by atoms with Gasteiger partial charge in [-0.1, -0.05) is 24.3 Å². The molecule has 0 unspecified atom stereocenters. The Kier molecular flexibility index (Phi) is 9.24. The molecule has 42 heavy (non-hydrogen) atoms. The molecule has 0 aliphatic carbocycles. The average Bonchev–Trinajstić information content (AvgIpc) is 3.32. The Morgan fingerprint density at radius 2 is 1.81 bits per heavy atom. The summed E-state index contributed by atoms with van der Waals surface area (Å²) < 4.78 is 23.4. The number of ether oxygens (including phenoxy) is 4. The van der Waals surface area contributed by atoms with Crippen LogP contribution in [0.3, 0.4) is 0 Å². The van der Waals surface area contributed by atoms with Gasteiger partial charge in [-0.2, -0.15) is 0 Å². The summed E-state index contributed by atoms with van der Waals surface area (Å²) in [5.74, 6) is -0.535. The summed E-state index contributed by atoms with van der Waals surface area (Å²) in [5, 5.41) is 1.11. The van der Waals surface area contributed by atoms with Gasteiger partial charge in [0.1, 0.15) is 6.04 Å². The van der Waals surface area contributed by atoms with Gasteiger partial charge in [-0.05, 0) is 41.8 Å². The lowest BCUT2D eigenvalue weighted by atomic mass is 9.96. The molecule has 1 amide bonds. The van der Waals surface area contributed by atoms with Crippen molar-refractivity contribution in [1.82, 2.24) is 14.4 Å². The van der Waals surface area contributed by atoms with Crippen LogP contribution in [0, 0.1) is 0 Å². The van der Waals surface area contributed by atoms with E-state index in [-0.39, 0.29) is 5.91 Å². The number of aryl methyl sites for hydroxylation is 1. The zero-order valence-electron chi connectivity index (χ0n) is 24.3. The molecule has 3 aromatic rings. The number of nitrogens with zero attached hydrogens (tertiary/aromatic N) is 3. The molecule has 1 fully saturated rings. The minimum Gasteiger partial charge on any atom is -0.493 e. The van der Waals surface area contributed by atoms with Crippen LogP contribution in [0.2, 0.25) is 0 Å². The highest BCUT2D eigenvalue weighted by atomic mass is 16.6. The number of aromatic nitrogens is 1. The van der Waals surface area contributed by atoms with E-state index < -0.39 is 18.0 Å². The molecule has 2 aliphatic rings. The normalized spacial score (nSPS) is 17.3. The van der Waals surface area contributed by atoms with E-state index in [9.17, 15) is 14.4 Å². The third-order valence-electron chi connectivity index (χ3n) is 7.86. The van der Waals surface area contributed by atoms with Crippen LogP contribution in [0.5, 0.6) is 11.5 Å². The molecule has 10 heteroatoms. The number of carbonyl (C=O) groups excluding carboxylic acids is 3. The molecule has 5 rings (SSSR count). The number of benzene rings is 2. The topological polar surface area (TPSA) is 99.5 Å². The Morgan fingerprint density at radius 3 is 2.55 bits per heavy atom. The smallest absolute Gasteiger partial charge is 0.328 e. The lowest BCUT2D eigenvalue weighted by molar-refractivity contribution is -0.152. The monoisotopic (exact) mass is 575 g/mol. The van der Waals surface area contributed by atoms with E-state index in [1.165, 1.54) is 27.2 Å². The van der Waals surface area contributed by atoms with E-state index in [0.717, 1.165) is 68.0 Å². The predicted octanol–water partition coefficient (Wildman–Crippen LogP) is 3.44. The number of fused-ring (bicyclic) bond motifs is 3. The number of para-hydroxylation sites is 1. The first-order valence-corrected chi connectivity index (χ1v) is 14.2. The summed E-state index contributed by atoms with van der Waals surface area (Å²) in [5.41, 5.74) is 3.93. The van der Waals surface area contributed by atoms with Gasteiger partial charge in [-0.15, -0.1) is 0 Å². The molecule has 0 N–H and O–H groups in total. The summed E-state index contributed by atoms with van der Waals surface area (Å²) in [4.78, 5) is 42.0. The summed E-state index contributed by atoms with van der Waals surface area (Å²) in [6, 6.07) is 12.5. The molecule has 2 aliphatic heterocycles. The second-order valence-electron chi connectivity index (χ2n) is 10.4. The van der Waals surface area contributed by atoms with Crippen molar-refractivity contribution < 1.29 is 33.3 Å². The van der Waals surface area contributed by atoms with Crippen molar-refractivity contribution in [3.05, 3.63) is 65.4 Å². The molecule has 0 saturated carbocycles. The minimum absolute atomic E-state index is 0.291. The van der Waals surface area contributed by atoms with Gasteiger partial charge in [-0.25, -0.2) is 4.79 Å². The van der Waals surface area contributed by atoms with Crippen molar-refractivity contribution >= 4 is 34.8 Å². The highest BCUT2D eigenvalue weighted by molar-refractivity contribution is 5.96. The van der Waals surface area contributed by atoms with Gasteiger partial charge < -0.3 is 28.4 Å². The summed E-state index contributed by atoms with van der Waals surface area (Å²) in [6.45, 7) is 6.81. The van der Waals surface area contributed by atoms with Gasteiger partial charge in [0, 0.05) is 62.2 Å². The molecule has 3 heterocycles. The number of carbonyl (C=O) groups is 3. The summed E-state index contributed by atoms with van der Waals surface area (Å²) >= 11 is 0. The van der Waals surface area contributed by atoms with E-state index >= 15 is 0 Å². The van der Waals surface area contributed by atoms with E-state index in [0.29, 0.717) is 30.0 Å². The predicted molar refractivity (Wildman–Crippen MR) is 157 cm³/mol. The molecule has 2 aromatic carbocycles. The maximum atomic E-state index is 13.6. The van der Waals surface area contributed by atoms with Crippen LogP contribution < -0.4 is 9.47 Å². The first kappa shape index (κ1) is 29.3. The number of methoxy groups -OCH3 is 2. The van der Waals surface area contributed by atoms with Crippen LogP contribution in [-0.4, -0.2) is 85.3 Å². The second-order valence-corrected chi connectivity index (χ2v) is 10.4. The fraction of sp³-hybridized carbons (Fsp3) is 0.406. The molecule has 1 atom stereocenters. The van der Waals surface area contributed by atoms with Gasteiger partial charge >= 0.3 is 11.9 Å². The van der Waals surface area contributed by atoms with Crippen molar-refractivity contribution in [2.24, 2.45) is 0 Å². The molecule has 1 saturated heterocycles. The van der Waals surface area contributed by atoms with Crippen molar-refractivity contribution in [2.75, 3.05) is 47.1 Å². The molecular weight excluding hydrogens is 538 g/mol. The molecule has 222 valence electrons. The Bertz CT molecular complexity index is 1490. The van der Waals surface area contributed by atoms with E-state index in [1.54, 1.807) is 29.2 Å². The van der Waals surface area contributed by atoms with Gasteiger partial charge in [0.2, 0.25) is 5.91 Å². The van der Waals surface area contributed by atoms with Crippen molar-refractivity contribution in [1.29, 1.82) is 0 Å². The Labute approximate surface area is 245 Å². The minimum atomic E-state index is -0.742. The van der Waals surface area contributed by atoms with E-state index in [2.05, 4.69) is 21.6 Å².